The van der Waals surface area contributed by atoms with Gasteiger partial charge >= 0.3 is 0 Å². The van der Waals surface area contributed by atoms with Gasteiger partial charge in [-0.3, -0.25) is 0 Å². The number of ether oxygens (including phenoxy) is 1. The second-order valence-electron chi connectivity index (χ2n) is 5.74. The molecule has 0 saturated carbocycles. The molecule has 0 spiro atoms. The Balaban J connectivity index is 2.29. The highest BCUT2D eigenvalue weighted by atomic mass is 16.5. The Labute approximate surface area is 109 Å². The van der Waals surface area contributed by atoms with Crippen molar-refractivity contribution in [2.24, 2.45) is 5.92 Å². The van der Waals surface area contributed by atoms with Crippen molar-refractivity contribution in [1.29, 1.82) is 0 Å². The first kappa shape index (κ1) is 13.3. The van der Waals surface area contributed by atoms with E-state index in [-0.39, 0.29) is 5.60 Å². The van der Waals surface area contributed by atoms with Gasteiger partial charge in [0.2, 0.25) is 0 Å². The van der Waals surface area contributed by atoms with Gasteiger partial charge < -0.3 is 10.5 Å². The maximum absolute atomic E-state index is 5.89. The van der Waals surface area contributed by atoms with Crippen molar-refractivity contribution in [3.63, 3.8) is 0 Å². The first-order valence-electron chi connectivity index (χ1n) is 6.77. The van der Waals surface area contributed by atoms with E-state index in [0.717, 1.165) is 43.8 Å². The summed E-state index contributed by atoms with van der Waals surface area (Å²) in [7, 11) is 0. The van der Waals surface area contributed by atoms with E-state index in [0.29, 0.717) is 11.7 Å². The van der Waals surface area contributed by atoms with E-state index in [1.54, 1.807) is 0 Å². The van der Waals surface area contributed by atoms with Crippen LogP contribution in [0, 0.1) is 5.92 Å². The molecule has 1 aromatic heterocycles. The largest absolute Gasteiger partial charge is 0.384 e. The van der Waals surface area contributed by atoms with Crippen LogP contribution >= 0.6 is 0 Å². The second-order valence-corrected chi connectivity index (χ2v) is 5.74. The van der Waals surface area contributed by atoms with Gasteiger partial charge in [-0.25, -0.2) is 9.97 Å². The third kappa shape index (κ3) is 2.99. The number of hydrogen-bond donors (Lipinski definition) is 1. The molecule has 2 N–H and O–H groups in total. The lowest BCUT2D eigenvalue weighted by atomic mass is 9.94. The highest BCUT2D eigenvalue weighted by Crippen LogP contribution is 2.33. The minimum Gasteiger partial charge on any atom is -0.384 e. The Bertz CT molecular complexity index is 412. The van der Waals surface area contributed by atoms with E-state index in [1.165, 1.54) is 0 Å². The van der Waals surface area contributed by atoms with Crippen LogP contribution in [0.1, 0.15) is 51.6 Å². The van der Waals surface area contributed by atoms with Crippen LogP contribution < -0.4 is 5.73 Å². The topological polar surface area (TPSA) is 61.0 Å². The Morgan fingerprint density at radius 1 is 1.39 bits per heavy atom. The summed E-state index contributed by atoms with van der Waals surface area (Å²) in [6, 6.07) is 1.87. The summed E-state index contributed by atoms with van der Waals surface area (Å²) in [4.78, 5) is 9.03. The first-order valence-corrected chi connectivity index (χ1v) is 6.77. The normalized spacial score (nSPS) is 24.4. The van der Waals surface area contributed by atoms with Gasteiger partial charge in [-0.15, -0.1) is 0 Å². The Morgan fingerprint density at radius 3 is 2.78 bits per heavy atom. The Hall–Kier alpha value is -1.16. The molecular formula is C14H23N3O. The standard InChI is InChI=1S/C14H23N3O/c1-10(2)8-11-9-12(15)17-13(16-11)14(3)6-4-5-7-18-14/h9-10H,4-8H2,1-3H3,(H2,15,16,17). The maximum atomic E-state index is 5.89. The molecule has 4 heteroatoms. The van der Waals surface area contributed by atoms with E-state index >= 15 is 0 Å². The van der Waals surface area contributed by atoms with E-state index in [4.69, 9.17) is 10.5 Å². The van der Waals surface area contributed by atoms with E-state index in [9.17, 15) is 0 Å². The minimum atomic E-state index is -0.362. The molecule has 0 aliphatic carbocycles. The fourth-order valence-electron chi connectivity index (χ4n) is 2.39. The number of anilines is 1. The number of nitrogens with zero attached hydrogens (tertiary/aromatic N) is 2. The van der Waals surface area contributed by atoms with Gasteiger partial charge in [0.15, 0.2) is 5.82 Å². The van der Waals surface area contributed by atoms with Crippen molar-refractivity contribution in [1.82, 2.24) is 9.97 Å². The third-order valence-electron chi connectivity index (χ3n) is 3.36. The van der Waals surface area contributed by atoms with Crippen molar-refractivity contribution in [2.75, 3.05) is 12.3 Å². The van der Waals surface area contributed by atoms with Gasteiger partial charge in [0.1, 0.15) is 11.4 Å². The van der Waals surface area contributed by atoms with E-state index in [1.807, 2.05) is 6.07 Å². The summed E-state index contributed by atoms with van der Waals surface area (Å²) < 4.78 is 5.89. The fourth-order valence-corrected chi connectivity index (χ4v) is 2.39. The average Bonchev–Trinajstić information content (AvgIpc) is 2.28. The Kier molecular flexibility index (Phi) is 3.85. The van der Waals surface area contributed by atoms with Crippen molar-refractivity contribution >= 4 is 5.82 Å². The monoisotopic (exact) mass is 249 g/mol. The zero-order valence-electron chi connectivity index (χ0n) is 11.6. The van der Waals surface area contributed by atoms with Gasteiger partial charge in [-0.2, -0.15) is 0 Å². The molecule has 1 atom stereocenters. The summed E-state index contributed by atoms with van der Waals surface area (Å²) >= 11 is 0. The number of aromatic nitrogens is 2. The summed E-state index contributed by atoms with van der Waals surface area (Å²) in [5, 5.41) is 0. The molecule has 2 heterocycles. The highest BCUT2D eigenvalue weighted by Gasteiger charge is 2.33. The molecule has 0 aromatic carbocycles. The predicted octanol–water partition coefficient (Wildman–Crippen LogP) is 2.67. The Morgan fingerprint density at radius 2 is 2.17 bits per heavy atom. The molecule has 18 heavy (non-hydrogen) atoms. The number of nitrogens with two attached hydrogens (primary N) is 1. The minimum absolute atomic E-state index is 0.362. The van der Waals surface area contributed by atoms with E-state index in [2.05, 4.69) is 30.7 Å². The molecule has 1 unspecified atom stereocenters. The molecule has 1 fully saturated rings. The number of hydrogen-bond acceptors (Lipinski definition) is 4. The molecule has 4 nitrogen and oxygen atoms in total. The molecular weight excluding hydrogens is 226 g/mol. The molecule has 0 radical (unpaired) electrons. The van der Waals surface area contributed by atoms with Crippen LogP contribution in [0.4, 0.5) is 5.82 Å². The van der Waals surface area contributed by atoms with Crippen LogP contribution in [0.5, 0.6) is 0 Å². The van der Waals surface area contributed by atoms with Crippen molar-refractivity contribution < 1.29 is 4.74 Å². The van der Waals surface area contributed by atoms with Crippen LogP contribution in [0.2, 0.25) is 0 Å². The molecule has 0 bridgehead atoms. The smallest absolute Gasteiger partial charge is 0.162 e. The quantitative estimate of drug-likeness (QED) is 0.894. The van der Waals surface area contributed by atoms with Crippen LogP contribution in [0.25, 0.3) is 0 Å². The van der Waals surface area contributed by atoms with Crippen LogP contribution in [0.3, 0.4) is 0 Å². The summed E-state index contributed by atoms with van der Waals surface area (Å²) in [6.07, 6.45) is 4.18. The number of nitrogen functional groups attached to an aromatic ring is 1. The zero-order chi connectivity index (χ0) is 13.2. The first-order chi connectivity index (χ1) is 8.49. The molecule has 1 aliphatic rings. The zero-order valence-corrected chi connectivity index (χ0v) is 11.6. The highest BCUT2D eigenvalue weighted by molar-refractivity contribution is 5.31. The summed E-state index contributed by atoms with van der Waals surface area (Å²) in [5.41, 5.74) is 6.55. The lowest BCUT2D eigenvalue weighted by Crippen LogP contribution is -2.33. The molecule has 2 rings (SSSR count). The van der Waals surface area contributed by atoms with Crippen LogP contribution in [-0.2, 0) is 16.8 Å². The van der Waals surface area contributed by atoms with Gasteiger partial charge in [0.25, 0.3) is 0 Å². The number of rotatable bonds is 3. The van der Waals surface area contributed by atoms with E-state index < -0.39 is 0 Å². The van der Waals surface area contributed by atoms with Crippen molar-refractivity contribution in [2.45, 2.75) is 52.1 Å². The SMILES string of the molecule is CC(C)Cc1cc(N)nc(C2(C)CCCCO2)n1. The molecule has 1 aliphatic heterocycles. The van der Waals surface area contributed by atoms with Crippen LogP contribution in [-0.4, -0.2) is 16.6 Å². The molecule has 100 valence electrons. The van der Waals surface area contributed by atoms with Crippen LogP contribution in [0.15, 0.2) is 6.07 Å². The van der Waals surface area contributed by atoms with Gasteiger partial charge in [0, 0.05) is 18.4 Å². The van der Waals surface area contributed by atoms with Crippen molar-refractivity contribution in [3.05, 3.63) is 17.6 Å². The summed E-state index contributed by atoms with van der Waals surface area (Å²) in [5.74, 6) is 1.86. The lowest BCUT2D eigenvalue weighted by Gasteiger charge is -2.32. The van der Waals surface area contributed by atoms with Gasteiger partial charge in [-0.1, -0.05) is 13.8 Å². The van der Waals surface area contributed by atoms with Crippen molar-refractivity contribution in [3.8, 4) is 0 Å². The third-order valence-corrected chi connectivity index (χ3v) is 3.36. The molecule has 1 aromatic rings. The predicted molar refractivity (Wildman–Crippen MR) is 72.1 cm³/mol. The second kappa shape index (κ2) is 5.22. The summed E-state index contributed by atoms with van der Waals surface area (Å²) in [6.45, 7) is 7.21. The fraction of sp³-hybridized carbons (Fsp3) is 0.714. The maximum Gasteiger partial charge on any atom is 0.162 e. The molecule has 1 saturated heterocycles. The van der Waals surface area contributed by atoms with Gasteiger partial charge in [0.05, 0.1) is 0 Å². The lowest BCUT2D eigenvalue weighted by molar-refractivity contribution is -0.0760. The average molecular weight is 249 g/mol. The van der Waals surface area contributed by atoms with Gasteiger partial charge in [-0.05, 0) is 38.5 Å². The molecule has 0 amide bonds.